The highest BCUT2D eigenvalue weighted by Gasteiger charge is 2.26. The minimum absolute atomic E-state index is 0.127. The maximum Gasteiger partial charge on any atom is 0.243 e. The van der Waals surface area contributed by atoms with Gasteiger partial charge >= 0.3 is 0 Å². The van der Waals surface area contributed by atoms with Crippen molar-refractivity contribution in [2.75, 3.05) is 18.4 Å². The zero-order valence-corrected chi connectivity index (χ0v) is 18.3. The lowest BCUT2D eigenvalue weighted by Gasteiger charge is -2.22. The first kappa shape index (κ1) is 22.3. The number of para-hydroxylation sites is 1. The molecule has 0 aliphatic carbocycles. The molecule has 0 radical (unpaired) electrons. The zero-order valence-electron chi connectivity index (χ0n) is 16.0. The second-order valence-corrected chi connectivity index (χ2v) is 9.28. The molecule has 156 valence electrons. The van der Waals surface area contributed by atoms with E-state index in [1.54, 1.807) is 36.4 Å². The Morgan fingerprint density at radius 2 is 1.40 bits per heavy atom. The van der Waals surface area contributed by atoms with Crippen molar-refractivity contribution in [2.24, 2.45) is 0 Å². The summed E-state index contributed by atoms with van der Waals surface area (Å²) >= 11 is 12.2. The summed E-state index contributed by atoms with van der Waals surface area (Å²) < 4.78 is 27.5. The van der Waals surface area contributed by atoms with Crippen LogP contribution in [0.25, 0.3) is 0 Å². The summed E-state index contributed by atoms with van der Waals surface area (Å²) in [4.78, 5) is 12.8. The van der Waals surface area contributed by atoms with E-state index in [1.165, 1.54) is 12.1 Å². The average molecular weight is 463 g/mol. The van der Waals surface area contributed by atoms with Gasteiger partial charge in [-0.3, -0.25) is 4.79 Å². The van der Waals surface area contributed by atoms with E-state index in [1.807, 2.05) is 30.3 Å². The lowest BCUT2D eigenvalue weighted by atomic mass is 10.1. The van der Waals surface area contributed by atoms with Crippen LogP contribution in [0.5, 0.6) is 0 Å². The number of nitrogens with one attached hydrogen (secondary N) is 1. The van der Waals surface area contributed by atoms with E-state index >= 15 is 0 Å². The number of carbonyl (C=O) groups excluding carboxylic acids is 1. The van der Waals surface area contributed by atoms with Gasteiger partial charge in [0.2, 0.25) is 15.9 Å². The first-order valence-electron chi connectivity index (χ1n) is 9.21. The Morgan fingerprint density at radius 3 is 2.00 bits per heavy atom. The molecule has 0 unspecified atom stereocenters. The number of hydrogen-bond donors (Lipinski definition) is 1. The van der Waals surface area contributed by atoms with Crippen LogP contribution in [0.4, 0.5) is 5.69 Å². The van der Waals surface area contributed by atoms with Crippen LogP contribution in [-0.2, 0) is 21.2 Å². The summed E-state index contributed by atoms with van der Waals surface area (Å²) in [5.74, 6) is -0.530. The van der Waals surface area contributed by atoms with Crippen molar-refractivity contribution in [1.29, 1.82) is 0 Å². The molecular formula is C22H20Cl2N2O3S. The number of halogens is 2. The molecule has 3 aromatic rings. The molecule has 0 aromatic heterocycles. The van der Waals surface area contributed by atoms with Crippen molar-refractivity contribution in [3.05, 3.63) is 94.5 Å². The Labute approximate surface area is 186 Å². The summed E-state index contributed by atoms with van der Waals surface area (Å²) in [6, 6.07) is 22.4. The van der Waals surface area contributed by atoms with Gasteiger partial charge in [-0.05, 0) is 36.2 Å². The number of hydrogen-bond acceptors (Lipinski definition) is 3. The molecule has 3 rings (SSSR count). The largest absolute Gasteiger partial charge is 0.322 e. The topological polar surface area (TPSA) is 66.5 Å². The number of rotatable bonds is 8. The van der Waals surface area contributed by atoms with Crippen molar-refractivity contribution < 1.29 is 13.2 Å². The lowest BCUT2D eigenvalue weighted by molar-refractivity contribution is -0.116. The fourth-order valence-corrected chi connectivity index (χ4v) is 4.79. The average Bonchev–Trinajstić information content (AvgIpc) is 2.75. The maximum absolute atomic E-state index is 13.2. The SMILES string of the molecule is O=C(CN(CCc1ccccc1)S(=O)(=O)c1ccccc1)Nc1c(Cl)cccc1Cl. The molecule has 8 heteroatoms. The van der Waals surface area contributed by atoms with Crippen LogP contribution in [0.1, 0.15) is 5.56 Å². The Hall–Kier alpha value is -2.38. The monoisotopic (exact) mass is 462 g/mol. The standard InChI is InChI=1S/C22H20Cl2N2O3S/c23-19-12-7-13-20(24)22(19)25-21(27)16-26(15-14-17-8-3-1-4-9-17)30(28,29)18-10-5-2-6-11-18/h1-13H,14-16H2,(H,25,27). The molecule has 1 N–H and O–H groups in total. The second-order valence-electron chi connectivity index (χ2n) is 6.53. The maximum atomic E-state index is 13.2. The van der Waals surface area contributed by atoms with Gasteiger partial charge in [0.25, 0.3) is 0 Å². The Balaban J connectivity index is 1.82. The van der Waals surface area contributed by atoms with E-state index in [0.29, 0.717) is 6.42 Å². The Kier molecular flexibility index (Phi) is 7.50. The molecule has 0 saturated heterocycles. The van der Waals surface area contributed by atoms with Crippen LogP contribution < -0.4 is 5.32 Å². The molecule has 0 saturated carbocycles. The van der Waals surface area contributed by atoms with E-state index in [4.69, 9.17) is 23.2 Å². The van der Waals surface area contributed by atoms with E-state index in [-0.39, 0.29) is 33.7 Å². The molecule has 3 aromatic carbocycles. The van der Waals surface area contributed by atoms with Gasteiger partial charge in [0.15, 0.2) is 0 Å². The Bertz CT molecular complexity index is 1090. The van der Waals surface area contributed by atoms with Gasteiger partial charge in [-0.2, -0.15) is 4.31 Å². The number of carbonyl (C=O) groups is 1. The number of anilines is 1. The first-order chi connectivity index (χ1) is 14.4. The summed E-state index contributed by atoms with van der Waals surface area (Å²) in [7, 11) is -3.87. The first-order valence-corrected chi connectivity index (χ1v) is 11.4. The van der Waals surface area contributed by atoms with E-state index in [9.17, 15) is 13.2 Å². The van der Waals surface area contributed by atoms with E-state index in [2.05, 4.69) is 5.32 Å². The highest BCUT2D eigenvalue weighted by atomic mass is 35.5. The molecule has 0 aliphatic heterocycles. The summed E-state index contributed by atoms with van der Waals surface area (Å²) in [6.45, 7) is -0.226. The van der Waals surface area contributed by atoms with Crippen LogP contribution in [0.3, 0.4) is 0 Å². The van der Waals surface area contributed by atoms with Crippen LogP contribution in [0.15, 0.2) is 83.8 Å². The molecule has 0 bridgehead atoms. The highest BCUT2D eigenvalue weighted by molar-refractivity contribution is 7.89. The van der Waals surface area contributed by atoms with Gasteiger partial charge in [0.1, 0.15) is 0 Å². The Morgan fingerprint density at radius 1 is 0.833 bits per heavy atom. The lowest BCUT2D eigenvalue weighted by Crippen LogP contribution is -2.39. The fraction of sp³-hybridized carbons (Fsp3) is 0.136. The van der Waals surface area contributed by atoms with Crippen molar-refractivity contribution >= 4 is 44.8 Å². The molecule has 30 heavy (non-hydrogen) atoms. The predicted octanol–water partition coefficient (Wildman–Crippen LogP) is 4.87. The highest BCUT2D eigenvalue weighted by Crippen LogP contribution is 2.29. The van der Waals surface area contributed by atoms with E-state index < -0.39 is 15.9 Å². The van der Waals surface area contributed by atoms with Crippen LogP contribution in [-0.4, -0.2) is 31.7 Å². The third-order valence-corrected chi connectivity index (χ3v) is 6.91. The smallest absolute Gasteiger partial charge is 0.243 e. The number of amides is 1. The number of benzene rings is 3. The summed E-state index contributed by atoms with van der Waals surface area (Å²) in [5, 5.41) is 3.17. The van der Waals surface area contributed by atoms with Crippen molar-refractivity contribution in [3.63, 3.8) is 0 Å². The molecule has 0 atom stereocenters. The van der Waals surface area contributed by atoms with Gasteiger partial charge in [-0.25, -0.2) is 8.42 Å². The van der Waals surface area contributed by atoms with Gasteiger partial charge in [-0.15, -0.1) is 0 Å². The number of nitrogens with zero attached hydrogens (tertiary/aromatic N) is 1. The third kappa shape index (κ3) is 5.61. The minimum atomic E-state index is -3.87. The summed E-state index contributed by atoms with van der Waals surface area (Å²) in [6.07, 6.45) is 0.465. The molecular weight excluding hydrogens is 443 g/mol. The predicted molar refractivity (Wildman–Crippen MR) is 120 cm³/mol. The van der Waals surface area contributed by atoms with E-state index in [0.717, 1.165) is 9.87 Å². The molecule has 5 nitrogen and oxygen atoms in total. The van der Waals surface area contributed by atoms with Gasteiger partial charge in [-0.1, -0.05) is 77.8 Å². The van der Waals surface area contributed by atoms with Gasteiger partial charge in [0.05, 0.1) is 27.2 Å². The fourth-order valence-electron chi connectivity index (χ4n) is 2.88. The molecule has 0 aliphatic rings. The number of sulfonamides is 1. The van der Waals surface area contributed by atoms with Crippen molar-refractivity contribution in [3.8, 4) is 0 Å². The molecule has 0 heterocycles. The zero-order chi connectivity index (χ0) is 21.6. The van der Waals surface area contributed by atoms with Crippen LogP contribution in [0.2, 0.25) is 10.0 Å². The molecule has 0 spiro atoms. The molecule has 0 fully saturated rings. The van der Waals surface area contributed by atoms with Gasteiger partial charge < -0.3 is 5.32 Å². The van der Waals surface area contributed by atoms with Crippen LogP contribution in [0, 0.1) is 0 Å². The summed E-state index contributed by atoms with van der Waals surface area (Å²) in [5.41, 5.74) is 1.23. The van der Waals surface area contributed by atoms with Gasteiger partial charge in [0, 0.05) is 6.54 Å². The van der Waals surface area contributed by atoms with Crippen molar-refractivity contribution in [2.45, 2.75) is 11.3 Å². The molecule has 1 amide bonds. The van der Waals surface area contributed by atoms with Crippen LogP contribution >= 0.6 is 23.2 Å². The van der Waals surface area contributed by atoms with Crippen molar-refractivity contribution in [1.82, 2.24) is 4.31 Å². The normalized spacial score (nSPS) is 11.4. The third-order valence-electron chi connectivity index (χ3n) is 4.42. The minimum Gasteiger partial charge on any atom is -0.322 e. The quantitative estimate of drug-likeness (QED) is 0.519. The second kappa shape index (κ2) is 10.1.